The largest absolute Gasteiger partial charge is 0.460 e. The average molecular weight is 538 g/mol. The highest BCUT2D eigenvalue weighted by molar-refractivity contribution is 9.12. The van der Waals surface area contributed by atoms with E-state index in [0.29, 0.717) is 0 Å². The molecule has 0 spiro atoms. The molecule has 11 heteroatoms. The van der Waals surface area contributed by atoms with Gasteiger partial charge >= 0.3 is 17.4 Å². The van der Waals surface area contributed by atoms with Crippen LogP contribution in [0.3, 0.4) is 0 Å². The van der Waals surface area contributed by atoms with Gasteiger partial charge in [-0.05, 0) is 23.8 Å². The first-order chi connectivity index (χ1) is 12.3. The molecular formula is C16H7Br2F7NS. The van der Waals surface area contributed by atoms with E-state index in [9.17, 15) is 36.0 Å². The minimum Gasteiger partial charge on any atom is -0.192 e. The van der Waals surface area contributed by atoms with E-state index in [2.05, 4.69) is 31.9 Å². The van der Waals surface area contributed by atoms with Crippen molar-refractivity contribution in [2.45, 2.75) is 22.1 Å². The Balaban J connectivity index is 2.70. The first-order valence-corrected chi connectivity index (χ1v) is 9.29. The molecule has 0 atom stereocenters. The molecule has 0 unspecified atom stereocenters. The fourth-order valence-corrected chi connectivity index (χ4v) is 5.45. The second-order valence-electron chi connectivity index (χ2n) is 5.34. The third kappa shape index (κ3) is 4.22. The summed E-state index contributed by atoms with van der Waals surface area (Å²) in [6, 6.07) is 6.97. The molecular weight excluding hydrogens is 531 g/mol. The second-order valence-corrected chi connectivity index (χ2v) is 8.57. The van der Waals surface area contributed by atoms with Gasteiger partial charge in [-0.1, -0.05) is 61.8 Å². The van der Waals surface area contributed by atoms with Gasteiger partial charge in [-0.25, -0.2) is 0 Å². The highest BCUT2D eigenvalue weighted by Crippen LogP contribution is 2.60. The van der Waals surface area contributed by atoms with Crippen molar-refractivity contribution in [3.05, 3.63) is 62.9 Å². The van der Waals surface area contributed by atoms with Crippen molar-refractivity contribution in [2.24, 2.45) is 0 Å². The van der Waals surface area contributed by atoms with Crippen LogP contribution < -0.4 is 0 Å². The summed E-state index contributed by atoms with van der Waals surface area (Å²) in [5.41, 5.74) is -0.303. The van der Waals surface area contributed by atoms with Crippen LogP contribution in [0.2, 0.25) is 0 Å². The topological polar surface area (TPSA) is 23.8 Å². The molecule has 1 radical (unpaired) electrons. The number of thioether (sulfide) groups is 1. The van der Waals surface area contributed by atoms with E-state index in [-0.39, 0.29) is 20.1 Å². The molecule has 0 fully saturated rings. The van der Waals surface area contributed by atoms with Gasteiger partial charge in [0.15, 0.2) is 0 Å². The van der Waals surface area contributed by atoms with Crippen molar-refractivity contribution in [1.82, 2.24) is 0 Å². The molecule has 1 aliphatic rings. The van der Waals surface area contributed by atoms with Crippen LogP contribution in [0.1, 0.15) is 11.1 Å². The van der Waals surface area contributed by atoms with E-state index in [1.165, 1.54) is 30.7 Å². The van der Waals surface area contributed by atoms with E-state index in [0.717, 1.165) is 12.2 Å². The molecule has 0 aromatic heterocycles. The Kier molecular flexibility index (Phi) is 6.15. The van der Waals surface area contributed by atoms with Crippen LogP contribution in [0.15, 0.2) is 45.4 Å². The van der Waals surface area contributed by atoms with Crippen molar-refractivity contribution >= 4 is 43.6 Å². The molecule has 1 aromatic rings. The summed E-state index contributed by atoms with van der Waals surface area (Å²) in [7, 11) is 0. The Morgan fingerprint density at radius 1 is 0.926 bits per heavy atom. The van der Waals surface area contributed by atoms with Gasteiger partial charge in [-0.2, -0.15) is 36.0 Å². The van der Waals surface area contributed by atoms with Gasteiger partial charge in [0.1, 0.15) is 0 Å². The third-order valence-electron chi connectivity index (χ3n) is 3.47. The zero-order valence-electron chi connectivity index (χ0n) is 12.8. The molecule has 0 N–H and O–H groups in total. The summed E-state index contributed by atoms with van der Waals surface area (Å²) in [6.07, 6.45) is -2.98. The number of hydrogen-bond donors (Lipinski definition) is 0. The number of rotatable bonds is 4. The Morgan fingerprint density at radius 3 is 1.93 bits per heavy atom. The molecule has 145 valence electrons. The summed E-state index contributed by atoms with van der Waals surface area (Å²) in [6.45, 7) is 0. The van der Waals surface area contributed by atoms with E-state index >= 15 is 0 Å². The number of halogens is 9. The van der Waals surface area contributed by atoms with Crippen LogP contribution in [-0.4, -0.2) is 17.4 Å². The Bertz CT molecular complexity index is 822. The Morgan fingerprint density at radius 2 is 1.44 bits per heavy atom. The lowest BCUT2D eigenvalue weighted by molar-refractivity contribution is -0.330. The third-order valence-corrected chi connectivity index (χ3v) is 5.69. The maximum atomic E-state index is 14.2. The summed E-state index contributed by atoms with van der Waals surface area (Å²) in [5, 5.41) is 3.71. The maximum Gasteiger partial charge on any atom is 0.460 e. The summed E-state index contributed by atoms with van der Waals surface area (Å²) in [4.78, 5) is 0. The monoisotopic (exact) mass is 536 g/mol. The lowest BCUT2D eigenvalue weighted by Gasteiger charge is -2.37. The predicted octanol–water partition coefficient (Wildman–Crippen LogP) is 7.05. The van der Waals surface area contributed by atoms with E-state index in [1.807, 2.05) is 0 Å². The molecule has 0 saturated carbocycles. The number of nitriles is 1. The standard InChI is InChI=1S/C16H7Br2F7NS/c17-10-5-11(18)7-13(6-10,12-4-2-1-3-9(12)8-26)27-16(24,25)14(19,20)15(21,22)23/h1-7H. The molecule has 0 aliphatic heterocycles. The molecule has 0 heterocycles. The molecule has 0 bridgehead atoms. The van der Waals surface area contributed by atoms with Gasteiger partial charge in [0.25, 0.3) is 0 Å². The highest BCUT2D eigenvalue weighted by Gasteiger charge is 2.74. The highest BCUT2D eigenvalue weighted by atomic mass is 79.9. The van der Waals surface area contributed by atoms with Crippen molar-refractivity contribution < 1.29 is 30.7 Å². The van der Waals surface area contributed by atoms with E-state index in [4.69, 9.17) is 0 Å². The fourth-order valence-electron chi connectivity index (χ4n) is 2.30. The average Bonchev–Trinajstić information content (AvgIpc) is 2.52. The van der Waals surface area contributed by atoms with Crippen molar-refractivity contribution in [1.29, 1.82) is 5.26 Å². The van der Waals surface area contributed by atoms with Crippen LogP contribution in [0.5, 0.6) is 0 Å². The zero-order chi connectivity index (χ0) is 20.7. The zero-order valence-corrected chi connectivity index (χ0v) is 16.8. The van der Waals surface area contributed by atoms with Gasteiger partial charge in [0, 0.05) is 15.4 Å². The smallest absolute Gasteiger partial charge is 0.192 e. The number of allylic oxidation sites excluding steroid dienone is 2. The maximum absolute atomic E-state index is 14.2. The summed E-state index contributed by atoms with van der Waals surface area (Å²) < 4.78 is 91.2. The number of nitrogens with zero attached hydrogens (tertiary/aromatic N) is 1. The van der Waals surface area contributed by atoms with Gasteiger partial charge in [-0.3, -0.25) is 0 Å². The molecule has 2 rings (SSSR count). The van der Waals surface area contributed by atoms with Crippen molar-refractivity contribution in [3.8, 4) is 6.07 Å². The molecule has 0 saturated heterocycles. The van der Waals surface area contributed by atoms with E-state index < -0.39 is 33.9 Å². The number of alkyl halides is 7. The lowest BCUT2D eigenvalue weighted by Crippen LogP contribution is -2.51. The molecule has 1 aliphatic carbocycles. The van der Waals surface area contributed by atoms with Gasteiger partial charge in [-0.15, -0.1) is 0 Å². The molecule has 1 nitrogen and oxygen atoms in total. The normalized spacial score (nSPS) is 17.8. The lowest BCUT2D eigenvalue weighted by atomic mass is 9.90. The van der Waals surface area contributed by atoms with Gasteiger partial charge in [0.05, 0.1) is 16.4 Å². The number of benzene rings is 1. The summed E-state index contributed by atoms with van der Waals surface area (Å²) in [5.74, 6) is -6.29. The SMILES string of the molecule is N#Cc1ccccc1C1(SC(F)(F)C(F)(F)C(F)(F)F)C=C(Br)[CH]C(Br)=C1. The van der Waals surface area contributed by atoms with Crippen LogP contribution in [0.25, 0.3) is 0 Å². The molecule has 1 aromatic carbocycles. The quantitative estimate of drug-likeness (QED) is 0.384. The fraction of sp³-hybridized carbons (Fsp3) is 0.250. The van der Waals surface area contributed by atoms with Crippen LogP contribution in [0.4, 0.5) is 30.7 Å². The molecule has 0 amide bonds. The summed E-state index contributed by atoms with van der Waals surface area (Å²) >= 11 is 5.17. The van der Waals surface area contributed by atoms with Crippen molar-refractivity contribution in [2.75, 3.05) is 0 Å². The number of hydrogen-bond acceptors (Lipinski definition) is 2. The van der Waals surface area contributed by atoms with Gasteiger partial charge < -0.3 is 0 Å². The minimum atomic E-state index is -6.46. The first-order valence-electron chi connectivity index (χ1n) is 6.89. The van der Waals surface area contributed by atoms with Gasteiger partial charge in [0.2, 0.25) is 0 Å². The van der Waals surface area contributed by atoms with Crippen LogP contribution in [0, 0.1) is 17.8 Å². The predicted molar refractivity (Wildman–Crippen MR) is 94.7 cm³/mol. The Hall–Kier alpha value is -0.990. The Labute approximate surface area is 170 Å². The van der Waals surface area contributed by atoms with Crippen LogP contribution >= 0.6 is 43.6 Å². The first kappa shape index (κ1) is 22.3. The van der Waals surface area contributed by atoms with Crippen molar-refractivity contribution in [3.63, 3.8) is 0 Å². The second kappa shape index (κ2) is 7.44. The van der Waals surface area contributed by atoms with E-state index in [1.54, 1.807) is 6.07 Å². The minimum absolute atomic E-state index is 0.147. The van der Waals surface area contributed by atoms with Crippen LogP contribution in [-0.2, 0) is 4.75 Å². The molecule has 27 heavy (non-hydrogen) atoms.